The molecule has 0 saturated carbocycles. The molecule has 0 bridgehead atoms. The molecular weight excluding hydrogens is 246 g/mol. The van der Waals surface area contributed by atoms with Crippen LogP contribution in [0.25, 0.3) is 0 Å². The molecule has 106 valence electrons. The van der Waals surface area contributed by atoms with Crippen molar-refractivity contribution < 1.29 is 14.4 Å². The number of carboxylic acid groups (broad SMARTS) is 1. The molecule has 1 N–H and O–H groups in total. The number of hydrogen-bond acceptors (Lipinski definition) is 5. The second-order valence-electron chi connectivity index (χ2n) is 5.00. The fraction of sp³-hybridized carbons (Fsp3) is 0.692. The van der Waals surface area contributed by atoms with Gasteiger partial charge >= 0.3 is 5.97 Å². The summed E-state index contributed by atoms with van der Waals surface area (Å²) in [5.41, 5.74) is 0.941. The van der Waals surface area contributed by atoms with Crippen molar-refractivity contribution in [2.24, 2.45) is 0 Å². The first-order chi connectivity index (χ1) is 9.10. The van der Waals surface area contributed by atoms with E-state index in [1.807, 2.05) is 24.8 Å². The van der Waals surface area contributed by atoms with E-state index in [1.54, 1.807) is 0 Å². The van der Waals surface area contributed by atoms with Crippen molar-refractivity contribution in [2.75, 3.05) is 26.2 Å². The van der Waals surface area contributed by atoms with Crippen LogP contribution < -0.4 is 0 Å². The summed E-state index contributed by atoms with van der Waals surface area (Å²) >= 11 is 0. The lowest BCUT2D eigenvalue weighted by Gasteiger charge is -2.37. The van der Waals surface area contributed by atoms with Gasteiger partial charge in [-0.15, -0.1) is 0 Å². The highest BCUT2D eigenvalue weighted by Gasteiger charge is 2.27. The molecule has 2 heterocycles. The summed E-state index contributed by atoms with van der Waals surface area (Å²) in [4.78, 5) is 15.5. The molecule has 1 fully saturated rings. The summed E-state index contributed by atoms with van der Waals surface area (Å²) in [5.74, 6) is 0.105. The van der Waals surface area contributed by atoms with Crippen molar-refractivity contribution in [3.05, 3.63) is 17.5 Å². The second-order valence-corrected chi connectivity index (χ2v) is 5.00. The zero-order chi connectivity index (χ0) is 13.8. The van der Waals surface area contributed by atoms with Gasteiger partial charge in [0.1, 0.15) is 11.8 Å². The van der Waals surface area contributed by atoms with Gasteiger partial charge in [-0.05, 0) is 13.3 Å². The van der Waals surface area contributed by atoms with Crippen LogP contribution in [0.15, 0.2) is 10.6 Å². The molecular formula is C13H21N3O3. The molecule has 19 heavy (non-hydrogen) atoms. The van der Waals surface area contributed by atoms with E-state index in [0.717, 1.165) is 44.2 Å². The fourth-order valence-corrected chi connectivity index (χ4v) is 2.54. The maximum atomic E-state index is 11.1. The first-order valence-corrected chi connectivity index (χ1v) is 6.71. The number of aromatic nitrogens is 1. The van der Waals surface area contributed by atoms with Crippen LogP contribution in [0.5, 0.6) is 0 Å². The van der Waals surface area contributed by atoms with Crippen molar-refractivity contribution in [1.82, 2.24) is 15.0 Å². The molecule has 0 spiro atoms. The predicted molar refractivity (Wildman–Crippen MR) is 69.8 cm³/mol. The van der Waals surface area contributed by atoms with Crippen LogP contribution in [-0.2, 0) is 11.3 Å². The van der Waals surface area contributed by atoms with Crippen molar-refractivity contribution in [1.29, 1.82) is 0 Å². The smallest absolute Gasteiger partial charge is 0.320 e. The van der Waals surface area contributed by atoms with Gasteiger partial charge in [-0.2, -0.15) is 0 Å². The number of aryl methyl sites for hydroxylation is 1. The Morgan fingerprint density at radius 2 is 2.16 bits per heavy atom. The zero-order valence-corrected chi connectivity index (χ0v) is 11.5. The Morgan fingerprint density at radius 3 is 2.63 bits per heavy atom. The summed E-state index contributed by atoms with van der Waals surface area (Å²) in [6.45, 7) is 7.90. The van der Waals surface area contributed by atoms with Crippen molar-refractivity contribution in [3.8, 4) is 0 Å². The number of carboxylic acids is 1. The Hall–Kier alpha value is -1.40. The Kier molecular flexibility index (Phi) is 4.55. The van der Waals surface area contributed by atoms with E-state index in [2.05, 4.69) is 10.1 Å². The van der Waals surface area contributed by atoms with E-state index in [-0.39, 0.29) is 6.04 Å². The maximum absolute atomic E-state index is 11.1. The number of piperazine rings is 1. The highest BCUT2D eigenvalue weighted by atomic mass is 16.5. The van der Waals surface area contributed by atoms with Crippen molar-refractivity contribution in [2.45, 2.75) is 32.9 Å². The lowest BCUT2D eigenvalue weighted by atomic mass is 10.1. The summed E-state index contributed by atoms with van der Waals surface area (Å²) in [5, 5.41) is 13.1. The highest BCUT2D eigenvalue weighted by molar-refractivity contribution is 5.73. The molecule has 2 rings (SSSR count). The molecule has 1 atom stereocenters. The minimum Gasteiger partial charge on any atom is -0.480 e. The van der Waals surface area contributed by atoms with Crippen LogP contribution in [0.3, 0.4) is 0 Å². The number of nitrogens with zero attached hydrogens (tertiary/aromatic N) is 3. The van der Waals surface area contributed by atoms with Crippen LogP contribution in [0, 0.1) is 6.92 Å². The molecule has 1 saturated heterocycles. The Morgan fingerprint density at radius 1 is 1.47 bits per heavy atom. The van der Waals surface area contributed by atoms with E-state index >= 15 is 0 Å². The molecule has 0 amide bonds. The normalized spacial score (nSPS) is 19.5. The molecule has 1 unspecified atom stereocenters. The molecule has 1 aliphatic heterocycles. The van der Waals surface area contributed by atoms with Crippen LogP contribution in [-0.4, -0.2) is 58.3 Å². The van der Waals surface area contributed by atoms with Gasteiger partial charge in [0.2, 0.25) is 0 Å². The predicted octanol–water partition coefficient (Wildman–Crippen LogP) is 0.964. The summed E-state index contributed by atoms with van der Waals surface area (Å²) in [7, 11) is 0. The molecule has 1 aliphatic rings. The largest absolute Gasteiger partial charge is 0.480 e. The second kappa shape index (κ2) is 6.16. The fourth-order valence-electron chi connectivity index (χ4n) is 2.54. The molecule has 6 heteroatoms. The summed E-state index contributed by atoms with van der Waals surface area (Å²) < 4.78 is 5.05. The number of aliphatic carboxylic acids is 1. The summed E-state index contributed by atoms with van der Waals surface area (Å²) in [6, 6.07) is 1.59. The maximum Gasteiger partial charge on any atom is 0.320 e. The minimum absolute atomic E-state index is 0.351. The molecule has 1 aromatic rings. The third kappa shape index (κ3) is 3.54. The first kappa shape index (κ1) is 14.0. The van der Waals surface area contributed by atoms with Crippen LogP contribution in [0.1, 0.15) is 24.8 Å². The molecule has 1 aromatic heterocycles. The lowest BCUT2D eigenvalue weighted by Crippen LogP contribution is -2.52. The van der Waals surface area contributed by atoms with Gasteiger partial charge in [-0.25, -0.2) is 0 Å². The average molecular weight is 267 g/mol. The number of hydrogen-bond donors (Lipinski definition) is 1. The molecule has 0 aliphatic carbocycles. The molecule has 0 radical (unpaired) electrons. The zero-order valence-electron chi connectivity index (χ0n) is 11.5. The minimum atomic E-state index is -0.719. The monoisotopic (exact) mass is 267 g/mol. The third-order valence-electron chi connectivity index (χ3n) is 3.58. The Labute approximate surface area is 113 Å². The van der Waals surface area contributed by atoms with E-state index in [4.69, 9.17) is 9.63 Å². The Bertz CT molecular complexity index is 425. The number of carbonyl (C=O) groups is 1. The van der Waals surface area contributed by atoms with Crippen molar-refractivity contribution >= 4 is 5.97 Å². The van der Waals surface area contributed by atoms with Gasteiger partial charge in [0.05, 0.1) is 5.69 Å². The van der Waals surface area contributed by atoms with Crippen LogP contribution in [0.4, 0.5) is 0 Å². The van der Waals surface area contributed by atoms with Gasteiger partial charge in [0.15, 0.2) is 0 Å². The van der Waals surface area contributed by atoms with Gasteiger partial charge in [-0.3, -0.25) is 14.6 Å². The quantitative estimate of drug-likeness (QED) is 0.857. The van der Waals surface area contributed by atoms with Gasteiger partial charge in [0.25, 0.3) is 0 Å². The first-order valence-electron chi connectivity index (χ1n) is 6.71. The SMILES string of the molecule is CCC(C(=O)O)N1CCN(Cc2cc(C)on2)CC1. The highest BCUT2D eigenvalue weighted by Crippen LogP contribution is 2.12. The van der Waals surface area contributed by atoms with Crippen LogP contribution >= 0.6 is 0 Å². The van der Waals surface area contributed by atoms with E-state index < -0.39 is 5.97 Å². The third-order valence-corrected chi connectivity index (χ3v) is 3.58. The van der Waals surface area contributed by atoms with Crippen LogP contribution in [0.2, 0.25) is 0 Å². The average Bonchev–Trinajstić information content (AvgIpc) is 2.77. The van der Waals surface area contributed by atoms with E-state index in [1.165, 1.54) is 0 Å². The van der Waals surface area contributed by atoms with E-state index in [9.17, 15) is 4.79 Å². The van der Waals surface area contributed by atoms with Gasteiger partial charge in [0, 0.05) is 38.8 Å². The summed E-state index contributed by atoms with van der Waals surface area (Å²) in [6.07, 6.45) is 0.651. The number of rotatable bonds is 5. The van der Waals surface area contributed by atoms with Gasteiger partial charge < -0.3 is 9.63 Å². The molecule has 0 aromatic carbocycles. The molecule has 6 nitrogen and oxygen atoms in total. The topological polar surface area (TPSA) is 69.8 Å². The lowest BCUT2D eigenvalue weighted by molar-refractivity contribution is -0.144. The standard InChI is InChI=1S/C13H21N3O3/c1-3-12(13(17)18)16-6-4-15(5-7-16)9-11-8-10(2)19-14-11/h8,12H,3-7,9H2,1-2H3,(H,17,18). The van der Waals surface area contributed by atoms with Gasteiger partial charge in [-0.1, -0.05) is 12.1 Å². The van der Waals surface area contributed by atoms with Crippen molar-refractivity contribution in [3.63, 3.8) is 0 Å². The van der Waals surface area contributed by atoms with E-state index in [0.29, 0.717) is 6.42 Å². The Balaban J connectivity index is 1.83.